The van der Waals surface area contributed by atoms with Crippen molar-refractivity contribution in [3.05, 3.63) is 48.0 Å². The second-order valence-corrected chi connectivity index (χ2v) is 4.05. The maximum Gasteiger partial charge on any atom is 0.293 e. The van der Waals surface area contributed by atoms with Gasteiger partial charge in [-0.3, -0.25) is 4.79 Å². The van der Waals surface area contributed by atoms with E-state index in [1.807, 2.05) is 36.4 Å². The Morgan fingerprint density at radius 1 is 1.06 bits per heavy atom. The molecule has 0 fully saturated rings. The fraction of sp³-hybridized carbons (Fsp3) is 0. The first kappa shape index (κ1) is 10.4. The number of para-hydroxylation sites is 1. The quantitative estimate of drug-likeness (QED) is 0.575. The first-order chi connectivity index (χ1) is 8.74. The van der Waals surface area contributed by atoms with E-state index in [1.165, 1.54) is 5.39 Å². The van der Waals surface area contributed by atoms with Crippen molar-refractivity contribution >= 4 is 27.7 Å². The van der Waals surface area contributed by atoms with Crippen molar-refractivity contribution in [3.63, 3.8) is 0 Å². The van der Waals surface area contributed by atoms with E-state index >= 15 is 0 Å². The monoisotopic (exact) mass is 234 g/mol. The molecule has 1 aromatic heterocycles. The number of rotatable bonds is 0. The molecule has 0 aliphatic rings. The number of primary amides is 1. The van der Waals surface area contributed by atoms with Crippen LogP contribution in [-0.2, 0) is 4.79 Å². The van der Waals surface area contributed by atoms with Gasteiger partial charge in [0.25, 0.3) is 5.91 Å². The van der Waals surface area contributed by atoms with Gasteiger partial charge in [-0.2, -0.15) is 0 Å². The van der Waals surface area contributed by atoms with Gasteiger partial charge in [-0.15, -0.1) is 0 Å². The predicted molar refractivity (Wildman–Crippen MR) is 71.9 cm³/mol. The van der Waals surface area contributed by atoms with E-state index in [2.05, 4.69) is 22.9 Å². The maximum atomic E-state index is 10.6. The smallest absolute Gasteiger partial charge is 0.293 e. The normalized spacial score (nSPS) is 10.2. The summed E-state index contributed by atoms with van der Waals surface area (Å²) in [4.78, 5) is 13.9. The number of carbonyl (C=O) groups excluding carboxylic acids is 1. The number of aromatic nitrogens is 1. The minimum Gasteiger partial charge on any atom is -0.359 e. The highest BCUT2D eigenvalue weighted by Gasteiger charge is 2.03. The van der Waals surface area contributed by atoms with Crippen LogP contribution in [0.5, 0.6) is 0 Å². The average Bonchev–Trinajstić information content (AvgIpc) is 2.73. The van der Waals surface area contributed by atoms with Gasteiger partial charge in [0.2, 0.25) is 0 Å². The second-order valence-electron chi connectivity index (χ2n) is 4.05. The number of carbonyl (C=O) groups is 1. The van der Waals surface area contributed by atoms with Crippen LogP contribution >= 0.6 is 0 Å². The predicted octanol–water partition coefficient (Wildman–Crippen LogP) is 2.16. The van der Waals surface area contributed by atoms with Gasteiger partial charge in [0.1, 0.15) is 0 Å². The van der Waals surface area contributed by atoms with Crippen LogP contribution in [0.3, 0.4) is 0 Å². The highest BCUT2D eigenvalue weighted by molar-refractivity contribution is 6.07. The van der Waals surface area contributed by atoms with Crippen LogP contribution in [0.15, 0.2) is 42.5 Å². The molecule has 0 unspecified atom stereocenters. The van der Waals surface area contributed by atoms with Gasteiger partial charge in [-0.25, -0.2) is 0 Å². The number of hydrogen-bond donors (Lipinski definition) is 2. The van der Waals surface area contributed by atoms with Gasteiger partial charge in [-0.1, -0.05) is 30.2 Å². The summed E-state index contributed by atoms with van der Waals surface area (Å²) in [5.74, 6) is 4.45. The third kappa shape index (κ3) is 1.70. The lowest BCUT2D eigenvalue weighted by atomic mass is 10.1. The fourth-order valence-electron chi connectivity index (χ4n) is 2.07. The minimum absolute atomic E-state index is 0.619. The van der Waals surface area contributed by atoms with Crippen molar-refractivity contribution in [3.8, 4) is 11.8 Å². The number of aromatic amines is 1. The first-order valence-electron chi connectivity index (χ1n) is 5.56. The van der Waals surface area contributed by atoms with E-state index in [1.54, 1.807) is 0 Å². The Labute approximate surface area is 104 Å². The van der Waals surface area contributed by atoms with Crippen LogP contribution in [0.1, 0.15) is 5.56 Å². The Balaban J connectivity index is 2.22. The lowest BCUT2D eigenvalue weighted by Gasteiger charge is -1.92. The van der Waals surface area contributed by atoms with Gasteiger partial charge < -0.3 is 10.7 Å². The molecule has 1 heterocycles. The first-order valence-corrected chi connectivity index (χ1v) is 5.56. The summed E-state index contributed by atoms with van der Waals surface area (Å²) in [7, 11) is 0. The van der Waals surface area contributed by atoms with Gasteiger partial charge in [0, 0.05) is 27.4 Å². The molecule has 0 aliphatic carbocycles. The Hall–Kier alpha value is -2.73. The Kier molecular flexibility index (Phi) is 2.28. The average molecular weight is 234 g/mol. The summed E-state index contributed by atoms with van der Waals surface area (Å²) < 4.78 is 0. The van der Waals surface area contributed by atoms with E-state index in [0.717, 1.165) is 22.0 Å². The Morgan fingerprint density at radius 3 is 2.67 bits per heavy atom. The number of hydrogen-bond acceptors (Lipinski definition) is 1. The molecular formula is C15H10N2O. The lowest BCUT2D eigenvalue weighted by molar-refractivity contribution is -0.112. The highest BCUT2D eigenvalue weighted by atomic mass is 16.1. The van der Waals surface area contributed by atoms with Gasteiger partial charge in [0.15, 0.2) is 0 Å². The highest BCUT2D eigenvalue weighted by Crippen LogP contribution is 2.25. The fourth-order valence-corrected chi connectivity index (χ4v) is 2.07. The number of nitrogens with two attached hydrogens (primary N) is 1. The van der Waals surface area contributed by atoms with E-state index in [9.17, 15) is 4.79 Å². The van der Waals surface area contributed by atoms with Crippen LogP contribution in [-0.4, -0.2) is 10.9 Å². The van der Waals surface area contributed by atoms with Gasteiger partial charge >= 0.3 is 0 Å². The Bertz CT molecular complexity index is 818. The number of nitrogens with one attached hydrogen (secondary N) is 1. The van der Waals surface area contributed by atoms with Crippen molar-refractivity contribution in [1.29, 1.82) is 0 Å². The summed E-state index contributed by atoms with van der Waals surface area (Å²) in [6, 6.07) is 13.9. The number of H-pyrrole nitrogens is 1. The zero-order valence-corrected chi connectivity index (χ0v) is 9.53. The van der Waals surface area contributed by atoms with Crippen LogP contribution in [0.25, 0.3) is 21.8 Å². The number of amides is 1. The number of fused-ring (bicyclic) bond motifs is 3. The van der Waals surface area contributed by atoms with Gasteiger partial charge in [0.05, 0.1) is 0 Å². The molecule has 18 heavy (non-hydrogen) atoms. The summed E-state index contributed by atoms with van der Waals surface area (Å²) in [5.41, 5.74) is 7.86. The minimum atomic E-state index is -0.619. The molecule has 3 rings (SSSR count). The largest absolute Gasteiger partial charge is 0.359 e. The lowest BCUT2D eigenvalue weighted by Crippen LogP contribution is -2.06. The Morgan fingerprint density at radius 2 is 1.83 bits per heavy atom. The molecule has 0 spiro atoms. The molecule has 0 aliphatic heterocycles. The molecule has 2 aromatic carbocycles. The molecule has 0 radical (unpaired) electrons. The molecule has 3 nitrogen and oxygen atoms in total. The van der Waals surface area contributed by atoms with E-state index in [0.29, 0.717) is 0 Å². The van der Waals surface area contributed by atoms with Crippen LogP contribution in [0.4, 0.5) is 0 Å². The summed E-state index contributed by atoms with van der Waals surface area (Å²) in [5, 5.41) is 2.33. The van der Waals surface area contributed by atoms with Gasteiger partial charge in [-0.05, 0) is 24.1 Å². The molecule has 0 saturated carbocycles. The molecule has 3 heteroatoms. The maximum absolute atomic E-state index is 10.6. The van der Waals surface area contributed by atoms with E-state index < -0.39 is 5.91 Å². The van der Waals surface area contributed by atoms with Crippen LogP contribution in [0.2, 0.25) is 0 Å². The topological polar surface area (TPSA) is 58.9 Å². The van der Waals surface area contributed by atoms with Crippen molar-refractivity contribution in [2.45, 2.75) is 0 Å². The third-order valence-corrected chi connectivity index (χ3v) is 2.84. The zero-order chi connectivity index (χ0) is 12.5. The summed E-state index contributed by atoms with van der Waals surface area (Å²) in [6.07, 6.45) is 0. The van der Waals surface area contributed by atoms with Crippen molar-refractivity contribution in [2.75, 3.05) is 0 Å². The zero-order valence-electron chi connectivity index (χ0n) is 9.53. The summed E-state index contributed by atoms with van der Waals surface area (Å²) >= 11 is 0. The molecule has 3 N–H and O–H groups in total. The SMILES string of the molecule is NC(=O)C#Cc1ccc2c(c1)[nH]c1ccccc12. The van der Waals surface area contributed by atoms with E-state index in [-0.39, 0.29) is 0 Å². The molecule has 0 bridgehead atoms. The van der Waals surface area contributed by atoms with Crippen molar-refractivity contribution < 1.29 is 4.79 Å². The third-order valence-electron chi connectivity index (χ3n) is 2.84. The molecule has 0 saturated heterocycles. The van der Waals surface area contributed by atoms with Crippen molar-refractivity contribution in [1.82, 2.24) is 4.98 Å². The molecule has 86 valence electrons. The van der Waals surface area contributed by atoms with Crippen LogP contribution in [0, 0.1) is 11.8 Å². The summed E-state index contributed by atoms with van der Waals surface area (Å²) in [6.45, 7) is 0. The molecule has 3 aromatic rings. The standard InChI is InChI=1S/C15H10N2O/c16-15(18)8-6-10-5-7-12-11-3-1-2-4-13(11)17-14(12)9-10/h1-5,7,9,17H,(H2,16,18). The van der Waals surface area contributed by atoms with Crippen LogP contribution < -0.4 is 5.73 Å². The molecule has 0 atom stereocenters. The van der Waals surface area contributed by atoms with Crippen molar-refractivity contribution in [2.24, 2.45) is 5.73 Å². The molecule has 1 amide bonds. The van der Waals surface area contributed by atoms with E-state index in [4.69, 9.17) is 5.73 Å². The second kappa shape index (κ2) is 3.94. The number of benzene rings is 2. The molecular weight excluding hydrogens is 224 g/mol.